The summed E-state index contributed by atoms with van der Waals surface area (Å²) in [7, 11) is 0. The number of allylic oxidation sites excluding steroid dienone is 9. The smallest absolute Gasteiger partial charge is 0.220 e. The van der Waals surface area contributed by atoms with Gasteiger partial charge in [0.1, 0.15) is 0 Å². The summed E-state index contributed by atoms with van der Waals surface area (Å²) < 4.78 is 0. The van der Waals surface area contributed by atoms with Crippen molar-refractivity contribution in [1.29, 1.82) is 0 Å². The molecule has 0 rings (SSSR count). The van der Waals surface area contributed by atoms with Crippen molar-refractivity contribution in [3.63, 3.8) is 0 Å². The van der Waals surface area contributed by atoms with Crippen LogP contribution in [0.25, 0.3) is 0 Å². The van der Waals surface area contributed by atoms with E-state index >= 15 is 0 Å². The standard InChI is InChI=1S/C48H87NO3/c1-3-5-7-9-11-13-15-17-18-19-20-21-22-23-24-25-26-27-28-29-30-32-33-35-37-39-41-43-47(51)46(45-50)49-48(52)44-42-40-38-36-34-31-16-14-12-10-8-6-4-2/h6,8,12,14,31,34,38,40-41,43,46-47,50-51H,3-5,7,9-11,13,15-30,32-33,35-37,39,42,44-45H2,1-2H3,(H,49,52)/b8-6-,14-12-,34-31-,40-38-,43-41+. The second-order valence-corrected chi connectivity index (χ2v) is 15.1. The topological polar surface area (TPSA) is 69.6 Å². The van der Waals surface area contributed by atoms with Crippen LogP contribution in [0.3, 0.4) is 0 Å². The van der Waals surface area contributed by atoms with Gasteiger partial charge in [-0.3, -0.25) is 4.79 Å². The highest BCUT2D eigenvalue weighted by molar-refractivity contribution is 5.76. The van der Waals surface area contributed by atoms with Gasteiger partial charge in [0.25, 0.3) is 0 Å². The SMILES string of the molecule is CC/C=C\C/C=C\C/C=C\C/C=C\CCC(=O)NC(CO)C(O)/C=C/CCCCCCCCCCCCCCCCCCCCCCCCCCC. The predicted octanol–water partition coefficient (Wildman–Crippen LogP) is 14.1. The number of carbonyl (C=O) groups excluding carboxylic acids is 1. The van der Waals surface area contributed by atoms with Gasteiger partial charge in [-0.25, -0.2) is 0 Å². The number of amides is 1. The van der Waals surface area contributed by atoms with E-state index in [1.165, 1.54) is 154 Å². The maximum absolute atomic E-state index is 12.3. The maximum Gasteiger partial charge on any atom is 0.220 e. The molecule has 0 aromatic rings. The van der Waals surface area contributed by atoms with Crippen LogP contribution < -0.4 is 5.32 Å². The van der Waals surface area contributed by atoms with Gasteiger partial charge in [0.2, 0.25) is 5.91 Å². The Labute approximate surface area is 324 Å². The van der Waals surface area contributed by atoms with Gasteiger partial charge in [-0.1, -0.05) is 229 Å². The summed E-state index contributed by atoms with van der Waals surface area (Å²) in [5.41, 5.74) is 0. The molecule has 4 heteroatoms. The van der Waals surface area contributed by atoms with Gasteiger partial charge in [-0.05, 0) is 44.9 Å². The summed E-state index contributed by atoms with van der Waals surface area (Å²) in [6.45, 7) is 4.16. The van der Waals surface area contributed by atoms with Crippen LogP contribution in [0.1, 0.15) is 219 Å². The zero-order valence-corrected chi connectivity index (χ0v) is 34.6. The molecule has 0 aliphatic carbocycles. The summed E-state index contributed by atoms with van der Waals surface area (Å²) in [4.78, 5) is 12.3. The van der Waals surface area contributed by atoms with E-state index in [2.05, 4.69) is 61.7 Å². The van der Waals surface area contributed by atoms with Gasteiger partial charge in [0.05, 0.1) is 18.8 Å². The van der Waals surface area contributed by atoms with Crippen molar-refractivity contribution in [2.24, 2.45) is 0 Å². The van der Waals surface area contributed by atoms with Crippen LogP contribution in [0.4, 0.5) is 0 Å². The lowest BCUT2D eigenvalue weighted by Gasteiger charge is -2.19. The first-order chi connectivity index (χ1) is 25.7. The third kappa shape index (κ3) is 39.3. The molecule has 1 amide bonds. The van der Waals surface area contributed by atoms with Crippen molar-refractivity contribution < 1.29 is 15.0 Å². The molecule has 0 aromatic heterocycles. The molecule has 0 radical (unpaired) electrons. The molecule has 0 aliphatic rings. The highest BCUT2D eigenvalue weighted by Gasteiger charge is 2.17. The number of hydrogen-bond donors (Lipinski definition) is 3. The van der Waals surface area contributed by atoms with E-state index in [0.29, 0.717) is 12.8 Å². The Morgan fingerprint density at radius 2 is 0.846 bits per heavy atom. The predicted molar refractivity (Wildman–Crippen MR) is 230 cm³/mol. The molecule has 0 saturated heterocycles. The van der Waals surface area contributed by atoms with E-state index < -0.39 is 12.1 Å². The van der Waals surface area contributed by atoms with Gasteiger partial charge < -0.3 is 15.5 Å². The number of rotatable bonds is 40. The molecule has 2 unspecified atom stereocenters. The number of carbonyl (C=O) groups is 1. The third-order valence-electron chi connectivity index (χ3n) is 10.0. The van der Waals surface area contributed by atoms with Crippen molar-refractivity contribution in [3.05, 3.63) is 60.8 Å². The first-order valence-corrected chi connectivity index (χ1v) is 22.5. The van der Waals surface area contributed by atoms with E-state index in [4.69, 9.17) is 0 Å². The van der Waals surface area contributed by atoms with E-state index in [1.807, 2.05) is 12.2 Å². The minimum Gasteiger partial charge on any atom is -0.394 e. The van der Waals surface area contributed by atoms with Crippen LogP contribution >= 0.6 is 0 Å². The van der Waals surface area contributed by atoms with Crippen LogP contribution in [0.5, 0.6) is 0 Å². The van der Waals surface area contributed by atoms with E-state index in [0.717, 1.165) is 38.5 Å². The zero-order valence-electron chi connectivity index (χ0n) is 34.6. The molecule has 0 heterocycles. The molecule has 0 aromatic carbocycles. The molecule has 0 aliphatic heterocycles. The first-order valence-electron chi connectivity index (χ1n) is 22.5. The molecule has 4 nitrogen and oxygen atoms in total. The van der Waals surface area contributed by atoms with Crippen LogP contribution in [0.15, 0.2) is 60.8 Å². The summed E-state index contributed by atoms with van der Waals surface area (Å²) >= 11 is 0. The fourth-order valence-corrected chi connectivity index (χ4v) is 6.60. The number of hydrogen-bond acceptors (Lipinski definition) is 3. The van der Waals surface area contributed by atoms with Gasteiger partial charge in [-0.15, -0.1) is 0 Å². The fourth-order valence-electron chi connectivity index (χ4n) is 6.60. The van der Waals surface area contributed by atoms with Crippen molar-refractivity contribution >= 4 is 5.91 Å². The Morgan fingerprint density at radius 3 is 1.23 bits per heavy atom. The Bertz CT molecular complexity index is 873. The van der Waals surface area contributed by atoms with Crippen molar-refractivity contribution in [2.45, 2.75) is 231 Å². The summed E-state index contributed by atoms with van der Waals surface area (Å²) in [6.07, 6.45) is 60.8. The lowest BCUT2D eigenvalue weighted by molar-refractivity contribution is -0.122. The van der Waals surface area contributed by atoms with Crippen LogP contribution in [0.2, 0.25) is 0 Å². The fraction of sp³-hybridized carbons (Fsp3) is 0.771. The normalized spacial score (nSPS) is 13.5. The number of aliphatic hydroxyl groups is 2. The molecular formula is C48H87NO3. The van der Waals surface area contributed by atoms with E-state index in [-0.39, 0.29) is 12.5 Å². The van der Waals surface area contributed by atoms with Gasteiger partial charge >= 0.3 is 0 Å². The molecule has 3 N–H and O–H groups in total. The number of unbranched alkanes of at least 4 members (excludes halogenated alkanes) is 25. The van der Waals surface area contributed by atoms with Crippen molar-refractivity contribution in [2.75, 3.05) is 6.61 Å². The number of nitrogens with one attached hydrogen (secondary N) is 1. The van der Waals surface area contributed by atoms with Crippen LogP contribution in [0, 0.1) is 0 Å². The lowest BCUT2D eigenvalue weighted by atomic mass is 10.0. The monoisotopic (exact) mass is 726 g/mol. The molecule has 0 bridgehead atoms. The molecule has 2 atom stereocenters. The molecule has 0 saturated carbocycles. The molecule has 302 valence electrons. The highest BCUT2D eigenvalue weighted by atomic mass is 16.3. The second-order valence-electron chi connectivity index (χ2n) is 15.1. The molecular weight excluding hydrogens is 639 g/mol. The Balaban J connectivity index is 3.56. The van der Waals surface area contributed by atoms with Crippen molar-refractivity contribution in [1.82, 2.24) is 5.32 Å². The Morgan fingerprint density at radius 1 is 0.481 bits per heavy atom. The minimum atomic E-state index is -0.870. The highest BCUT2D eigenvalue weighted by Crippen LogP contribution is 2.16. The lowest BCUT2D eigenvalue weighted by Crippen LogP contribution is -2.45. The summed E-state index contributed by atoms with van der Waals surface area (Å²) in [5.74, 6) is -0.144. The van der Waals surface area contributed by atoms with Gasteiger partial charge in [0.15, 0.2) is 0 Å². The van der Waals surface area contributed by atoms with E-state index in [1.54, 1.807) is 6.08 Å². The largest absolute Gasteiger partial charge is 0.394 e. The molecule has 0 fully saturated rings. The molecule has 0 spiro atoms. The van der Waals surface area contributed by atoms with E-state index in [9.17, 15) is 15.0 Å². The maximum atomic E-state index is 12.3. The van der Waals surface area contributed by atoms with Crippen LogP contribution in [-0.4, -0.2) is 34.9 Å². The summed E-state index contributed by atoms with van der Waals surface area (Å²) in [5, 5.41) is 22.9. The summed E-state index contributed by atoms with van der Waals surface area (Å²) in [6, 6.07) is -0.662. The first kappa shape index (κ1) is 50.1. The van der Waals surface area contributed by atoms with Crippen molar-refractivity contribution in [3.8, 4) is 0 Å². The number of aliphatic hydroxyl groups excluding tert-OH is 2. The Hall–Kier alpha value is -1.91. The Kier molecular flexibility index (Phi) is 41.9. The minimum absolute atomic E-state index is 0.144. The average molecular weight is 726 g/mol. The molecule has 52 heavy (non-hydrogen) atoms. The third-order valence-corrected chi connectivity index (χ3v) is 10.0. The average Bonchev–Trinajstić information content (AvgIpc) is 3.15. The quantitative estimate of drug-likeness (QED) is 0.0435. The second kappa shape index (κ2) is 43.5. The van der Waals surface area contributed by atoms with Gasteiger partial charge in [0, 0.05) is 6.42 Å². The van der Waals surface area contributed by atoms with Crippen LogP contribution in [-0.2, 0) is 4.79 Å². The van der Waals surface area contributed by atoms with Gasteiger partial charge in [-0.2, -0.15) is 0 Å². The zero-order chi connectivity index (χ0) is 37.8.